The maximum Gasteiger partial charge on any atom is 0.121 e. The quantitative estimate of drug-likeness (QED) is 0.206. The Hall–Kier alpha value is -2.58. The molecule has 0 fully saturated rings. The van der Waals surface area contributed by atoms with Crippen LogP contribution in [0.25, 0.3) is 10.1 Å². The van der Waals surface area contributed by atoms with Gasteiger partial charge in [0.15, 0.2) is 0 Å². The molecular weight excluding hydrogens is 444 g/mol. The molecule has 0 aliphatic heterocycles. The van der Waals surface area contributed by atoms with E-state index in [9.17, 15) is 0 Å². The van der Waals surface area contributed by atoms with Crippen LogP contribution in [0, 0.1) is 5.41 Å². The molecule has 4 rings (SSSR count). The van der Waals surface area contributed by atoms with Crippen LogP contribution in [0.1, 0.15) is 77.3 Å². The number of unbranched alkanes of at least 4 members (excludes halogenated alkanes) is 1. The molecule has 35 heavy (non-hydrogen) atoms. The van der Waals surface area contributed by atoms with Crippen molar-refractivity contribution < 1.29 is 4.74 Å². The van der Waals surface area contributed by atoms with E-state index < -0.39 is 0 Å². The van der Waals surface area contributed by atoms with Crippen LogP contribution in [0.5, 0.6) is 5.75 Å². The van der Waals surface area contributed by atoms with E-state index in [0.717, 1.165) is 25.0 Å². The van der Waals surface area contributed by atoms with Crippen LogP contribution in [-0.2, 0) is 5.41 Å². The number of thiophene rings is 1. The maximum atomic E-state index is 6.67. The van der Waals surface area contributed by atoms with Crippen LogP contribution in [0.15, 0.2) is 90.3 Å². The number of fused-ring (bicyclic) bond motifs is 1. The van der Waals surface area contributed by atoms with Gasteiger partial charge in [-0.1, -0.05) is 101 Å². The Morgan fingerprint density at radius 1 is 0.771 bits per heavy atom. The van der Waals surface area contributed by atoms with Gasteiger partial charge in [0.2, 0.25) is 0 Å². The Kier molecular flexibility index (Phi) is 8.34. The van der Waals surface area contributed by atoms with E-state index in [2.05, 4.69) is 118 Å². The third kappa shape index (κ3) is 6.16. The topological polar surface area (TPSA) is 9.23 Å². The fourth-order valence-electron chi connectivity index (χ4n) is 5.29. The van der Waals surface area contributed by atoms with Gasteiger partial charge in [0.05, 0.1) is 0 Å². The third-order valence-electron chi connectivity index (χ3n) is 7.35. The molecule has 4 aromatic rings. The molecular formula is C33H40OS. The van der Waals surface area contributed by atoms with Gasteiger partial charge in [-0.25, -0.2) is 0 Å². The molecule has 1 atom stereocenters. The van der Waals surface area contributed by atoms with E-state index in [4.69, 9.17) is 4.74 Å². The Balaban J connectivity index is 1.57. The Labute approximate surface area is 216 Å². The van der Waals surface area contributed by atoms with E-state index in [1.165, 1.54) is 40.5 Å². The van der Waals surface area contributed by atoms with Gasteiger partial charge in [-0.3, -0.25) is 0 Å². The zero-order valence-corrected chi connectivity index (χ0v) is 22.6. The average Bonchev–Trinajstić information content (AvgIpc) is 3.34. The summed E-state index contributed by atoms with van der Waals surface area (Å²) in [6.45, 7) is 9.22. The summed E-state index contributed by atoms with van der Waals surface area (Å²) in [6.07, 6.45) is 7.06. The van der Waals surface area contributed by atoms with Gasteiger partial charge in [0.1, 0.15) is 11.9 Å². The molecule has 1 aromatic heterocycles. The van der Waals surface area contributed by atoms with E-state index in [1.54, 1.807) is 11.3 Å². The van der Waals surface area contributed by atoms with Crippen molar-refractivity contribution in [2.75, 3.05) is 0 Å². The summed E-state index contributed by atoms with van der Waals surface area (Å²) in [5.41, 5.74) is 2.99. The van der Waals surface area contributed by atoms with Gasteiger partial charge in [0.25, 0.3) is 0 Å². The number of rotatable bonds is 11. The van der Waals surface area contributed by atoms with Crippen molar-refractivity contribution >= 4 is 21.4 Å². The van der Waals surface area contributed by atoms with Gasteiger partial charge < -0.3 is 4.74 Å². The average molecular weight is 485 g/mol. The minimum atomic E-state index is 0.0385. The van der Waals surface area contributed by atoms with Gasteiger partial charge in [-0.15, -0.1) is 11.3 Å². The normalized spacial score (nSPS) is 13.1. The first-order chi connectivity index (χ1) is 16.9. The number of hydrogen-bond acceptors (Lipinski definition) is 2. The van der Waals surface area contributed by atoms with Crippen molar-refractivity contribution in [1.29, 1.82) is 0 Å². The van der Waals surface area contributed by atoms with Crippen LogP contribution in [-0.4, -0.2) is 6.10 Å². The van der Waals surface area contributed by atoms with Gasteiger partial charge >= 0.3 is 0 Å². The first-order valence-corrected chi connectivity index (χ1v) is 14.1. The standard InChI is InChI=1S/C33H40OS/c1-5-6-22-33(27-14-9-7-10-15-27,28-16-11-8-12-17-28)23-13-18-31(32(2,3)4)34-29-20-19-26-21-24-35-30(26)25-29/h7-12,14-17,19-21,24-25,31H,5-6,13,18,22-23H2,1-4H3. The van der Waals surface area contributed by atoms with E-state index >= 15 is 0 Å². The second-order valence-corrected chi connectivity index (χ2v) is 11.9. The molecule has 1 heterocycles. The SMILES string of the molecule is CCCCC(CCCC(Oc1ccc2ccsc2c1)C(C)(C)C)(c1ccccc1)c1ccccc1. The molecule has 0 saturated carbocycles. The molecule has 0 amide bonds. The molecule has 0 spiro atoms. The smallest absolute Gasteiger partial charge is 0.121 e. The molecule has 0 N–H and O–H groups in total. The molecule has 184 valence electrons. The predicted octanol–water partition coefficient (Wildman–Crippen LogP) is 10.0. The minimum Gasteiger partial charge on any atom is -0.490 e. The molecule has 0 radical (unpaired) electrons. The molecule has 0 saturated heterocycles. The van der Waals surface area contributed by atoms with Crippen molar-refractivity contribution in [2.24, 2.45) is 5.41 Å². The molecule has 2 heteroatoms. The summed E-state index contributed by atoms with van der Waals surface area (Å²) in [6, 6.07) is 31.1. The van der Waals surface area contributed by atoms with Gasteiger partial charge in [-0.2, -0.15) is 0 Å². The zero-order valence-electron chi connectivity index (χ0n) is 21.8. The second kappa shape index (κ2) is 11.4. The highest BCUT2D eigenvalue weighted by atomic mass is 32.1. The molecule has 1 unspecified atom stereocenters. The summed E-state index contributed by atoms with van der Waals surface area (Å²) in [7, 11) is 0. The van der Waals surface area contributed by atoms with Crippen LogP contribution in [0.2, 0.25) is 0 Å². The van der Waals surface area contributed by atoms with E-state index in [1.807, 2.05) is 0 Å². The fourth-order valence-corrected chi connectivity index (χ4v) is 6.11. The van der Waals surface area contributed by atoms with Crippen LogP contribution in [0.3, 0.4) is 0 Å². The van der Waals surface area contributed by atoms with Crippen molar-refractivity contribution in [1.82, 2.24) is 0 Å². The zero-order chi connectivity index (χ0) is 24.7. The lowest BCUT2D eigenvalue weighted by molar-refractivity contribution is 0.0751. The lowest BCUT2D eigenvalue weighted by Crippen LogP contribution is -2.33. The Morgan fingerprint density at radius 2 is 1.40 bits per heavy atom. The Bertz CT molecular complexity index is 1130. The number of ether oxygens (including phenoxy) is 1. The molecule has 0 aliphatic rings. The first-order valence-electron chi connectivity index (χ1n) is 13.2. The third-order valence-corrected chi connectivity index (χ3v) is 8.23. The highest BCUT2D eigenvalue weighted by Crippen LogP contribution is 2.42. The summed E-state index contributed by atoms with van der Waals surface area (Å²) >= 11 is 1.78. The van der Waals surface area contributed by atoms with Crippen LogP contribution in [0.4, 0.5) is 0 Å². The monoisotopic (exact) mass is 484 g/mol. The van der Waals surface area contributed by atoms with Gasteiger partial charge in [0, 0.05) is 10.1 Å². The van der Waals surface area contributed by atoms with Crippen molar-refractivity contribution in [3.63, 3.8) is 0 Å². The largest absolute Gasteiger partial charge is 0.490 e. The highest BCUT2D eigenvalue weighted by molar-refractivity contribution is 7.17. The first kappa shape index (κ1) is 25.5. The lowest BCUT2D eigenvalue weighted by Gasteiger charge is -2.37. The molecule has 3 aromatic carbocycles. The Morgan fingerprint density at radius 3 is 2.00 bits per heavy atom. The summed E-state index contributed by atoms with van der Waals surface area (Å²) in [5, 5.41) is 3.44. The highest BCUT2D eigenvalue weighted by Gasteiger charge is 2.34. The van der Waals surface area contributed by atoms with Crippen molar-refractivity contribution in [3.05, 3.63) is 101 Å². The molecule has 1 nitrogen and oxygen atoms in total. The molecule has 0 bridgehead atoms. The summed E-state index contributed by atoms with van der Waals surface area (Å²) in [5.74, 6) is 0.989. The van der Waals surface area contributed by atoms with Crippen LogP contribution < -0.4 is 4.74 Å². The van der Waals surface area contributed by atoms with Crippen molar-refractivity contribution in [2.45, 2.75) is 77.7 Å². The predicted molar refractivity (Wildman–Crippen MR) is 153 cm³/mol. The fraction of sp³-hybridized carbons (Fsp3) is 0.394. The van der Waals surface area contributed by atoms with Crippen molar-refractivity contribution in [3.8, 4) is 5.75 Å². The number of hydrogen-bond donors (Lipinski definition) is 0. The van der Waals surface area contributed by atoms with E-state index in [0.29, 0.717) is 0 Å². The van der Waals surface area contributed by atoms with E-state index in [-0.39, 0.29) is 16.9 Å². The van der Waals surface area contributed by atoms with Gasteiger partial charge in [-0.05, 0) is 77.3 Å². The number of benzene rings is 3. The lowest BCUT2D eigenvalue weighted by atomic mass is 9.67. The summed E-state index contributed by atoms with van der Waals surface area (Å²) < 4.78 is 7.96. The van der Waals surface area contributed by atoms with Crippen LogP contribution >= 0.6 is 11.3 Å². The minimum absolute atomic E-state index is 0.0385. The maximum absolute atomic E-state index is 6.67. The summed E-state index contributed by atoms with van der Waals surface area (Å²) in [4.78, 5) is 0. The molecule has 0 aliphatic carbocycles. The second-order valence-electron chi connectivity index (χ2n) is 10.9.